The van der Waals surface area contributed by atoms with E-state index in [4.69, 9.17) is 0 Å². The van der Waals surface area contributed by atoms with Gasteiger partial charge in [0.2, 0.25) is 0 Å². The quantitative estimate of drug-likeness (QED) is 0.727. The van der Waals surface area contributed by atoms with Crippen molar-refractivity contribution in [2.75, 3.05) is 0 Å². The maximum atomic E-state index is 11.6. The van der Waals surface area contributed by atoms with Crippen molar-refractivity contribution in [1.82, 2.24) is 5.32 Å². The summed E-state index contributed by atoms with van der Waals surface area (Å²) in [4.78, 5) is 11.6. The van der Waals surface area contributed by atoms with E-state index in [-0.39, 0.29) is 6.04 Å². The molecule has 0 aliphatic heterocycles. The summed E-state index contributed by atoms with van der Waals surface area (Å²) >= 11 is 0. The van der Waals surface area contributed by atoms with Crippen molar-refractivity contribution >= 4 is 5.97 Å². The zero-order valence-corrected chi connectivity index (χ0v) is 11.5. The molecule has 17 heavy (non-hydrogen) atoms. The summed E-state index contributed by atoms with van der Waals surface area (Å²) in [6, 6.07) is 0.230. The average molecular weight is 241 g/mol. The van der Waals surface area contributed by atoms with Crippen molar-refractivity contribution in [3.05, 3.63) is 0 Å². The highest BCUT2D eigenvalue weighted by Crippen LogP contribution is 2.33. The fraction of sp³-hybridized carbons (Fsp3) is 0.929. The monoisotopic (exact) mass is 241 g/mol. The van der Waals surface area contributed by atoms with Crippen LogP contribution in [0.3, 0.4) is 0 Å². The van der Waals surface area contributed by atoms with Gasteiger partial charge < -0.3 is 5.11 Å². The lowest BCUT2D eigenvalue weighted by molar-refractivity contribution is -0.146. The van der Waals surface area contributed by atoms with E-state index in [1.165, 1.54) is 19.3 Å². The fourth-order valence-electron chi connectivity index (χ4n) is 3.08. The Hall–Kier alpha value is -0.570. The van der Waals surface area contributed by atoms with Gasteiger partial charge in [0.25, 0.3) is 0 Å². The standard InChI is InChI=1S/C14H27NO2/c1-4-6-12-7-5-9-14(10-8-12,13(16)17)15-11(2)3/h11-12,15H,4-10H2,1-3H3,(H,16,17). The van der Waals surface area contributed by atoms with E-state index in [2.05, 4.69) is 12.2 Å². The first-order valence-electron chi connectivity index (χ1n) is 7.01. The highest BCUT2D eigenvalue weighted by atomic mass is 16.4. The number of hydrogen-bond acceptors (Lipinski definition) is 2. The molecule has 0 amide bonds. The summed E-state index contributed by atoms with van der Waals surface area (Å²) in [5, 5.41) is 12.8. The first kappa shape index (κ1) is 14.5. The van der Waals surface area contributed by atoms with Gasteiger partial charge >= 0.3 is 5.97 Å². The van der Waals surface area contributed by atoms with Crippen LogP contribution in [0, 0.1) is 5.92 Å². The molecule has 0 aromatic carbocycles. The van der Waals surface area contributed by atoms with Crippen molar-refractivity contribution in [2.24, 2.45) is 5.92 Å². The molecule has 100 valence electrons. The molecule has 0 spiro atoms. The second-order valence-electron chi connectivity index (χ2n) is 5.77. The Labute approximate surface area is 105 Å². The Bertz CT molecular complexity index is 253. The maximum Gasteiger partial charge on any atom is 0.323 e. The van der Waals surface area contributed by atoms with E-state index in [9.17, 15) is 9.90 Å². The summed E-state index contributed by atoms with van der Waals surface area (Å²) in [5.74, 6) is 0.0681. The number of rotatable bonds is 5. The molecule has 1 aliphatic carbocycles. The summed E-state index contributed by atoms with van der Waals surface area (Å²) in [6.45, 7) is 6.26. The van der Waals surface area contributed by atoms with Gasteiger partial charge in [-0.1, -0.05) is 32.6 Å². The van der Waals surface area contributed by atoms with Crippen LogP contribution in [-0.4, -0.2) is 22.7 Å². The summed E-state index contributed by atoms with van der Waals surface area (Å²) in [6.07, 6.45) is 7.31. The Balaban J connectivity index is 2.69. The van der Waals surface area contributed by atoms with Crippen molar-refractivity contribution in [2.45, 2.75) is 77.3 Å². The van der Waals surface area contributed by atoms with Crippen LogP contribution in [0.15, 0.2) is 0 Å². The van der Waals surface area contributed by atoms with Crippen LogP contribution in [0.25, 0.3) is 0 Å². The predicted octanol–water partition coefficient (Wildman–Crippen LogP) is 3.19. The first-order chi connectivity index (χ1) is 8.00. The van der Waals surface area contributed by atoms with Crippen LogP contribution in [0.5, 0.6) is 0 Å². The molecule has 0 aromatic rings. The van der Waals surface area contributed by atoms with Gasteiger partial charge in [-0.25, -0.2) is 0 Å². The topological polar surface area (TPSA) is 49.3 Å². The first-order valence-corrected chi connectivity index (χ1v) is 7.01. The zero-order valence-electron chi connectivity index (χ0n) is 11.5. The molecule has 0 radical (unpaired) electrons. The largest absolute Gasteiger partial charge is 0.480 e. The number of hydrogen-bond donors (Lipinski definition) is 2. The van der Waals surface area contributed by atoms with E-state index < -0.39 is 11.5 Å². The van der Waals surface area contributed by atoms with Crippen LogP contribution in [0.2, 0.25) is 0 Å². The van der Waals surface area contributed by atoms with E-state index in [0.29, 0.717) is 0 Å². The average Bonchev–Trinajstić information content (AvgIpc) is 2.42. The van der Waals surface area contributed by atoms with Gasteiger partial charge in [0.1, 0.15) is 5.54 Å². The fourth-order valence-corrected chi connectivity index (χ4v) is 3.08. The van der Waals surface area contributed by atoms with Gasteiger partial charge in [0.15, 0.2) is 0 Å². The molecule has 1 aliphatic rings. The van der Waals surface area contributed by atoms with E-state index in [1.54, 1.807) is 0 Å². The Morgan fingerprint density at radius 1 is 1.41 bits per heavy atom. The van der Waals surface area contributed by atoms with Crippen LogP contribution in [-0.2, 0) is 4.79 Å². The van der Waals surface area contributed by atoms with Gasteiger partial charge in [-0.05, 0) is 39.0 Å². The SMILES string of the molecule is CCCC1CCCC(NC(C)C)(C(=O)O)CC1. The third-order valence-corrected chi connectivity index (χ3v) is 3.87. The third kappa shape index (κ3) is 3.98. The van der Waals surface area contributed by atoms with Gasteiger partial charge in [-0.2, -0.15) is 0 Å². The minimum atomic E-state index is -0.670. The highest BCUT2D eigenvalue weighted by Gasteiger charge is 2.40. The van der Waals surface area contributed by atoms with Crippen molar-refractivity contribution in [3.63, 3.8) is 0 Å². The van der Waals surface area contributed by atoms with Crippen LogP contribution in [0.1, 0.15) is 65.7 Å². The minimum Gasteiger partial charge on any atom is -0.480 e. The molecular weight excluding hydrogens is 214 g/mol. The lowest BCUT2D eigenvalue weighted by atomic mass is 9.88. The molecule has 0 saturated heterocycles. The second-order valence-corrected chi connectivity index (χ2v) is 5.77. The molecule has 2 N–H and O–H groups in total. The summed E-state index contributed by atoms with van der Waals surface area (Å²) in [7, 11) is 0. The predicted molar refractivity (Wildman–Crippen MR) is 70.1 cm³/mol. The molecular formula is C14H27NO2. The normalized spacial score (nSPS) is 30.2. The molecule has 0 aromatic heterocycles. The third-order valence-electron chi connectivity index (χ3n) is 3.87. The Morgan fingerprint density at radius 3 is 2.65 bits per heavy atom. The molecule has 1 rings (SSSR count). The zero-order chi connectivity index (χ0) is 12.9. The Morgan fingerprint density at radius 2 is 2.12 bits per heavy atom. The summed E-state index contributed by atoms with van der Waals surface area (Å²) in [5.41, 5.74) is -0.670. The van der Waals surface area contributed by atoms with Gasteiger partial charge in [0, 0.05) is 6.04 Å². The maximum absolute atomic E-state index is 11.6. The molecule has 2 unspecified atom stereocenters. The van der Waals surface area contributed by atoms with Gasteiger partial charge in [-0.3, -0.25) is 10.1 Å². The number of carboxylic acid groups (broad SMARTS) is 1. The van der Waals surface area contributed by atoms with Crippen LogP contribution >= 0.6 is 0 Å². The van der Waals surface area contributed by atoms with E-state index >= 15 is 0 Å². The number of aliphatic carboxylic acids is 1. The molecule has 1 fully saturated rings. The smallest absolute Gasteiger partial charge is 0.323 e. The van der Waals surface area contributed by atoms with E-state index in [0.717, 1.165) is 31.6 Å². The molecule has 0 heterocycles. The van der Waals surface area contributed by atoms with Crippen LogP contribution in [0.4, 0.5) is 0 Å². The second kappa shape index (κ2) is 6.39. The lowest BCUT2D eigenvalue weighted by Gasteiger charge is -2.31. The van der Waals surface area contributed by atoms with Gasteiger partial charge in [0.05, 0.1) is 0 Å². The molecule has 2 atom stereocenters. The molecule has 1 saturated carbocycles. The molecule has 0 bridgehead atoms. The number of carboxylic acids is 1. The summed E-state index contributed by atoms with van der Waals surface area (Å²) < 4.78 is 0. The minimum absolute atomic E-state index is 0.230. The Kier molecular flexibility index (Phi) is 5.44. The number of nitrogens with one attached hydrogen (secondary N) is 1. The molecule has 3 heteroatoms. The van der Waals surface area contributed by atoms with Gasteiger partial charge in [-0.15, -0.1) is 0 Å². The molecule has 3 nitrogen and oxygen atoms in total. The van der Waals surface area contributed by atoms with Crippen molar-refractivity contribution < 1.29 is 9.90 Å². The lowest BCUT2D eigenvalue weighted by Crippen LogP contribution is -2.54. The number of carbonyl (C=O) groups is 1. The van der Waals surface area contributed by atoms with E-state index in [1.807, 2.05) is 13.8 Å². The highest BCUT2D eigenvalue weighted by molar-refractivity contribution is 5.78. The van der Waals surface area contributed by atoms with Crippen LogP contribution < -0.4 is 5.32 Å². The van der Waals surface area contributed by atoms with Crippen molar-refractivity contribution in [1.29, 1.82) is 0 Å². The van der Waals surface area contributed by atoms with Crippen molar-refractivity contribution in [3.8, 4) is 0 Å².